The van der Waals surface area contributed by atoms with Gasteiger partial charge in [0.1, 0.15) is 5.82 Å². The second kappa shape index (κ2) is 12.0. The first-order valence-corrected chi connectivity index (χ1v) is 9.33. The van der Waals surface area contributed by atoms with E-state index in [1.165, 1.54) is 12.1 Å². The van der Waals surface area contributed by atoms with Crippen LogP contribution in [-0.4, -0.2) is 17.7 Å². The van der Waals surface area contributed by atoms with Gasteiger partial charge in [0.05, 0.1) is 11.4 Å². The van der Waals surface area contributed by atoms with Gasteiger partial charge in [0, 0.05) is 29.6 Å². The predicted molar refractivity (Wildman–Crippen MR) is 110 cm³/mol. The van der Waals surface area contributed by atoms with Gasteiger partial charge < -0.3 is 5.32 Å². The Morgan fingerprint density at radius 2 is 1.69 bits per heavy atom. The third-order valence-electron chi connectivity index (χ3n) is 3.96. The Morgan fingerprint density at radius 1 is 1.08 bits per heavy atom. The van der Waals surface area contributed by atoms with Crippen LogP contribution in [0.4, 0.5) is 4.39 Å². The molecular formula is C22H30FN3. The summed E-state index contributed by atoms with van der Waals surface area (Å²) in [6, 6.07) is 10.6. The minimum atomic E-state index is -0.266. The molecule has 0 aliphatic heterocycles. The molecule has 0 amide bonds. The molecule has 140 valence electrons. The number of pyridine rings is 1. The molecule has 1 atom stereocenters. The van der Waals surface area contributed by atoms with E-state index in [1.807, 2.05) is 26.0 Å². The normalized spacial score (nSPS) is 12.3. The van der Waals surface area contributed by atoms with Gasteiger partial charge >= 0.3 is 0 Å². The molecule has 0 radical (unpaired) electrons. The van der Waals surface area contributed by atoms with E-state index in [4.69, 9.17) is 0 Å². The molecule has 2 aromatic rings. The van der Waals surface area contributed by atoms with E-state index in [1.54, 1.807) is 24.5 Å². The molecule has 0 saturated carbocycles. The number of halogens is 1. The number of nitrogens with one attached hydrogen (secondary N) is 1. The molecule has 0 aliphatic carbocycles. The van der Waals surface area contributed by atoms with Gasteiger partial charge in [-0.1, -0.05) is 34.1 Å². The maximum Gasteiger partial charge on any atom is 0.123 e. The Morgan fingerprint density at radius 3 is 2.19 bits per heavy atom. The molecular weight excluding hydrogens is 325 g/mol. The van der Waals surface area contributed by atoms with Crippen LogP contribution in [0.15, 0.2) is 53.8 Å². The van der Waals surface area contributed by atoms with Crippen LogP contribution in [-0.2, 0) is 0 Å². The highest BCUT2D eigenvalue weighted by molar-refractivity contribution is 5.90. The minimum absolute atomic E-state index is 0.266. The monoisotopic (exact) mass is 355 g/mol. The highest BCUT2D eigenvalue weighted by atomic mass is 19.1. The maximum absolute atomic E-state index is 13.3. The summed E-state index contributed by atoms with van der Waals surface area (Å²) >= 11 is 0. The number of aromatic nitrogens is 1. The summed E-state index contributed by atoms with van der Waals surface area (Å²) in [6.45, 7) is 12.1. The van der Waals surface area contributed by atoms with Crippen LogP contribution < -0.4 is 5.32 Å². The third kappa shape index (κ3) is 6.10. The van der Waals surface area contributed by atoms with E-state index >= 15 is 0 Å². The highest BCUT2D eigenvalue weighted by Gasteiger charge is 2.14. The standard InChI is InChI=1S/C20H24FN3.C2H6/c1-4-6-18(5-2)24-20(16-11-13-23-14-12-16)19(22-3)15-7-9-17(21)10-8-15;1-2/h7-14,18,24H,3-6H2,1-2H3;1-2H3/b20-19-;/t18-;/m1./s1. The summed E-state index contributed by atoms with van der Waals surface area (Å²) < 4.78 is 13.3. The first-order valence-electron chi connectivity index (χ1n) is 9.33. The molecule has 0 fully saturated rings. The molecule has 3 nitrogen and oxygen atoms in total. The van der Waals surface area contributed by atoms with Crippen molar-refractivity contribution in [3.05, 3.63) is 65.7 Å². The van der Waals surface area contributed by atoms with Crippen molar-refractivity contribution in [2.24, 2.45) is 4.99 Å². The quantitative estimate of drug-likeness (QED) is 0.595. The van der Waals surface area contributed by atoms with Crippen LogP contribution >= 0.6 is 0 Å². The number of benzene rings is 1. The van der Waals surface area contributed by atoms with Crippen LogP contribution in [0.5, 0.6) is 0 Å². The van der Waals surface area contributed by atoms with E-state index in [0.29, 0.717) is 6.04 Å². The van der Waals surface area contributed by atoms with E-state index in [2.05, 4.69) is 35.9 Å². The lowest BCUT2D eigenvalue weighted by atomic mass is 10.0. The Labute approximate surface area is 157 Å². The van der Waals surface area contributed by atoms with Crippen LogP contribution in [0.3, 0.4) is 0 Å². The lowest BCUT2D eigenvalue weighted by Gasteiger charge is -2.22. The molecule has 0 bridgehead atoms. The fourth-order valence-electron chi connectivity index (χ4n) is 2.66. The smallest absolute Gasteiger partial charge is 0.123 e. The van der Waals surface area contributed by atoms with Gasteiger partial charge in [-0.15, -0.1) is 0 Å². The third-order valence-corrected chi connectivity index (χ3v) is 3.96. The SMILES string of the molecule is C=N/C(=C(\N[C@H](CC)CCC)c1ccncc1)c1ccc(F)cc1.CC. The fraction of sp³-hybridized carbons (Fsp3) is 0.364. The molecule has 0 saturated heterocycles. The van der Waals surface area contributed by atoms with Gasteiger partial charge in [-0.25, -0.2) is 4.39 Å². The van der Waals surface area contributed by atoms with Crippen molar-refractivity contribution in [3.8, 4) is 0 Å². The minimum Gasteiger partial charge on any atom is -0.380 e. The van der Waals surface area contributed by atoms with Gasteiger partial charge in [0.25, 0.3) is 0 Å². The summed E-state index contributed by atoms with van der Waals surface area (Å²) in [5.74, 6) is -0.266. The summed E-state index contributed by atoms with van der Waals surface area (Å²) in [5.41, 5.74) is 3.44. The molecule has 2 rings (SSSR count). The van der Waals surface area contributed by atoms with Gasteiger partial charge in [-0.3, -0.25) is 9.98 Å². The van der Waals surface area contributed by atoms with Gasteiger partial charge in [-0.2, -0.15) is 0 Å². The molecule has 1 aromatic heterocycles. The number of rotatable bonds is 8. The van der Waals surface area contributed by atoms with E-state index in [0.717, 1.165) is 41.8 Å². The highest BCUT2D eigenvalue weighted by Crippen LogP contribution is 2.26. The zero-order valence-electron chi connectivity index (χ0n) is 16.3. The zero-order valence-corrected chi connectivity index (χ0v) is 16.3. The second-order valence-electron chi connectivity index (χ2n) is 5.66. The first-order chi connectivity index (χ1) is 12.7. The molecule has 0 unspecified atom stereocenters. The van der Waals surface area contributed by atoms with Crippen LogP contribution in [0.1, 0.15) is 58.1 Å². The topological polar surface area (TPSA) is 37.3 Å². The molecule has 0 spiro atoms. The maximum atomic E-state index is 13.3. The van der Waals surface area contributed by atoms with Crippen LogP contribution in [0.2, 0.25) is 0 Å². The van der Waals surface area contributed by atoms with Crippen LogP contribution in [0, 0.1) is 5.82 Å². The Balaban J connectivity index is 0.00000163. The number of aliphatic imine (C=N–C) groups is 1. The number of nitrogens with zero attached hydrogens (tertiary/aromatic N) is 2. The van der Waals surface area contributed by atoms with Crippen molar-refractivity contribution < 1.29 is 4.39 Å². The number of hydrogen-bond acceptors (Lipinski definition) is 3. The molecule has 0 aliphatic rings. The lowest BCUT2D eigenvalue weighted by Crippen LogP contribution is -2.27. The van der Waals surface area contributed by atoms with Crippen molar-refractivity contribution >= 4 is 18.1 Å². The van der Waals surface area contributed by atoms with E-state index in [9.17, 15) is 4.39 Å². The van der Waals surface area contributed by atoms with Crippen molar-refractivity contribution in [3.63, 3.8) is 0 Å². The first kappa shape index (κ1) is 21.6. The van der Waals surface area contributed by atoms with Crippen molar-refractivity contribution in [1.82, 2.24) is 10.3 Å². The van der Waals surface area contributed by atoms with E-state index < -0.39 is 0 Å². The van der Waals surface area contributed by atoms with Gasteiger partial charge in [-0.05, 0) is 56.0 Å². The predicted octanol–water partition coefficient (Wildman–Crippen LogP) is 5.94. The Hall–Kier alpha value is -2.49. The fourth-order valence-corrected chi connectivity index (χ4v) is 2.66. The molecule has 26 heavy (non-hydrogen) atoms. The summed E-state index contributed by atoms with van der Waals surface area (Å²) in [6.07, 6.45) is 6.68. The second-order valence-corrected chi connectivity index (χ2v) is 5.66. The van der Waals surface area contributed by atoms with Crippen molar-refractivity contribution in [1.29, 1.82) is 0 Å². The average molecular weight is 356 g/mol. The molecule has 1 aromatic carbocycles. The Bertz CT molecular complexity index is 678. The molecule has 1 heterocycles. The summed E-state index contributed by atoms with van der Waals surface area (Å²) in [5, 5.41) is 3.61. The number of hydrogen-bond donors (Lipinski definition) is 1. The van der Waals surface area contributed by atoms with Gasteiger partial charge in [0.2, 0.25) is 0 Å². The average Bonchev–Trinajstić information content (AvgIpc) is 2.70. The lowest BCUT2D eigenvalue weighted by molar-refractivity contribution is 0.529. The summed E-state index contributed by atoms with van der Waals surface area (Å²) in [7, 11) is 0. The van der Waals surface area contributed by atoms with Crippen molar-refractivity contribution in [2.75, 3.05) is 0 Å². The molecule has 4 heteroatoms. The van der Waals surface area contributed by atoms with Gasteiger partial charge in [0.15, 0.2) is 0 Å². The zero-order chi connectivity index (χ0) is 19.4. The Kier molecular flexibility index (Phi) is 9.91. The van der Waals surface area contributed by atoms with E-state index in [-0.39, 0.29) is 5.82 Å². The summed E-state index contributed by atoms with van der Waals surface area (Å²) in [4.78, 5) is 8.32. The van der Waals surface area contributed by atoms with Crippen LogP contribution in [0.25, 0.3) is 11.4 Å². The van der Waals surface area contributed by atoms with Crippen molar-refractivity contribution in [2.45, 2.75) is 53.0 Å². The molecule has 1 N–H and O–H groups in total. The largest absolute Gasteiger partial charge is 0.380 e.